The summed E-state index contributed by atoms with van der Waals surface area (Å²) >= 11 is 0. The highest BCUT2D eigenvalue weighted by molar-refractivity contribution is 5.95. The number of ether oxygens (including phenoxy) is 2. The Bertz CT molecular complexity index is 496. The molecular weight excluding hydrogens is 294 g/mol. The number of benzene rings is 1. The summed E-state index contributed by atoms with van der Waals surface area (Å²) in [5.74, 6) is 0.0101. The quantitative estimate of drug-likeness (QED) is 0.772. The summed E-state index contributed by atoms with van der Waals surface area (Å²) in [4.78, 5) is 12.2. The third kappa shape index (κ3) is 5.48. The highest BCUT2D eigenvalue weighted by Crippen LogP contribution is 2.29. The number of amides is 1. The van der Waals surface area contributed by atoms with E-state index in [2.05, 4.69) is 10.1 Å². The van der Waals surface area contributed by atoms with Crippen molar-refractivity contribution in [2.75, 3.05) is 13.7 Å². The normalized spacial score (nSPS) is 12.4. The van der Waals surface area contributed by atoms with E-state index in [9.17, 15) is 13.6 Å². The van der Waals surface area contributed by atoms with Gasteiger partial charge in [0.2, 0.25) is 0 Å². The first-order valence-corrected chi connectivity index (χ1v) is 7.01. The fraction of sp³-hybridized carbons (Fsp3) is 0.533. The number of alkyl halides is 2. The number of hydrogen-bond acceptors (Lipinski definition) is 4. The molecule has 0 heterocycles. The van der Waals surface area contributed by atoms with E-state index in [1.54, 1.807) is 0 Å². The lowest BCUT2D eigenvalue weighted by molar-refractivity contribution is -0.0512. The van der Waals surface area contributed by atoms with Crippen molar-refractivity contribution in [2.24, 2.45) is 11.7 Å². The molecule has 22 heavy (non-hydrogen) atoms. The van der Waals surface area contributed by atoms with Gasteiger partial charge in [-0.3, -0.25) is 4.79 Å². The van der Waals surface area contributed by atoms with E-state index in [1.807, 2.05) is 13.8 Å². The molecule has 0 aliphatic rings. The largest absolute Gasteiger partial charge is 0.493 e. The van der Waals surface area contributed by atoms with E-state index in [0.717, 1.165) is 6.42 Å². The number of carbonyl (C=O) groups excluding carboxylic acids is 1. The molecule has 0 saturated carbocycles. The molecular formula is C15H22F2N2O3. The van der Waals surface area contributed by atoms with E-state index in [-0.39, 0.29) is 23.4 Å². The molecule has 1 unspecified atom stereocenters. The van der Waals surface area contributed by atoms with Crippen LogP contribution in [0, 0.1) is 5.92 Å². The molecule has 3 N–H and O–H groups in total. The van der Waals surface area contributed by atoms with Gasteiger partial charge in [0.15, 0.2) is 11.5 Å². The summed E-state index contributed by atoms with van der Waals surface area (Å²) in [7, 11) is 1.32. The molecule has 0 aliphatic carbocycles. The molecule has 0 saturated heterocycles. The second kappa shape index (κ2) is 8.53. The molecule has 1 aromatic carbocycles. The van der Waals surface area contributed by atoms with Crippen molar-refractivity contribution in [1.29, 1.82) is 0 Å². The van der Waals surface area contributed by atoms with Crippen molar-refractivity contribution in [2.45, 2.75) is 32.9 Å². The molecule has 7 heteroatoms. The van der Waals surface area contributed by atoms with Crippen molar-refractivity contribution in [1.82, 2.24) is 5.32 Å². The highest BCUT2D eigenvalue weighted by Gasteiger charge is 2.17. The number of methoxy groups -OCH3 is 1. The van der Waals surface area contributed by atoms with Gasteiger partial charge in [0, 0.05) is 18.2 Å². The summed E-state index contributed by atoms with van der Waals surface area (Å²) in [6, 6.07) is 3.89. The number of halogens is 2. The Morgan fingerprint density at radius 1 is 1.32 bits per heavy atom. The maximum atomic E-state index is 12.3. The standard InChI is InChI=1S/C15H22F2N2O3/c1-9(2)6-11(8-18)19-14(20)10-4-5-12(22-15(16)17)13(7-10)21-3/h4-5,7,9,11,15H,6,8,18H2,1-3H3,(H,19,20). The minimum absolute atomic E-state index is 0.0705. The van der Waals surface area contributed by atoms with Crippen molar-refractivity contribution in [3.8, 4) is 11.5 Å². The highest BCUT2D eigenvalue weighted by atomic mass is 19.3. The lowest BCUT2D eigenvalue weighted by Gasteiger charge is -2.19. The fourth-order valence-corrected chi connectivity index (χ4v) is 2.05. The third-order valence-corrected chi connectivity index (χ3v) is 3.02. The summed E-state index contributed by atoms with van der Waals surface area (Å²) in [5.41, 5.74) is 5.93. The Balaban J connectivity index is 2.85. The van der Waals surface area contributed by atoms with Gasteiger partial charge < -0.3 is 20.5 Å². The molecule has 0 aliphatic heterocycles. The van der Waals surface area contributed by atoms with E-state index in [1.165, 1.54) is 25.3 Å². The molecule has 1 amide bonds. The van der Waals surface area contributed by atoms with Crippen LogP contribution in [0.15, 0.2) is 18.2 Å². The van der Waals surface area contributed by atoms with Crippen molar-refractivity contribution in [3.63, 3.8) is 0 Å². The van der Waals surface area contributed by atoms with Crippen LogP contribution in [0.2, 0.25) is 0 Å². The zero-order valence-corrected chi connectivity index (χ0v) is 12.9. The topological polar surface area (TPSA) is 73.6 Å². The number of nitrogens with two attached hydrogens (primary N) is 1. The number of nitrogens with one attached hydrogen (secondary N) is 1. The zero-order chi connectivity index (χ0) is 16.7. The minimum Gasteiger partial charge on any atom is -0.493 e. The Kier molecular flexibility index (Phi) is 7.04. The smallest absolute Gasteiger partial charge is 0.387 e. The van der Waals surface area contributed by atoms with Crippen LogP contribution in [-0.2, 0) is 0 Å². The van der Waals surface area contributed by atoms with Gasteiger partial charge >= 0.3 is 6.61 Å². The van der Waals surface area contributed by atoms with E-state index in [0.29, 0.717) is 18.0 Å². The van der Waals surface area contributed by atoms with Gasteiger partial charge in [0.1, 0.15) is 0 Å². The van der Waals surface area contributed by atoms with Crippen molar-refractivity contribution >= 4 is 5.91 Å². The first-order chi connectivity index (χ1) is 10.4. The van der Waals surface area contributed by atoms with Gasteiger partial charge in [-0.25, -0.2) is 0 Å². The van der Waals surface area contributed by atoms with Crippen LogP contribution in [0.1, 0.15) is 30.6 Å². The van der Waals surface area contributed by atoms with Crippen molar-refractivity contribution < 1.29 is 23.0 Å². The molecule has 1 atom stereocenters. The van der Waals surface area contributed by atoms with Crippen LogP contribution in [0.5, 0.6) is 11.5 Å². The van der Waals surface area contributed by atoms with Crippen LogP contribution in [0.3, 0.4) is 0 Å². The predicted octanol–water partition coefficient (Wildman–Crippen LogP) is 2.40. The summed E-state index contributed by atoms with van der Waals surface area (Å²) in [6.45, 7) is 1.44. The Hall–Kier alpha value is -1.89. The lowest BCUT2D eigenvalue weighted by atomic mass is 10.0. The Morgan fingerprint density at radius 2 is 2.00 bits per heavy atom. The first kappa shape index (κ1) is 18.2. The molecule has 0 radical (unpaired) electrons. The molecule has 0 bridgehead atoms. The second-order valence-corrected chi connectivity index (χ2v) is 5.28. The minimum atomic E-state index is -2.96. The first-order valence-electron chi connectivity index (χ1n) is 7.01. The molecule has 5 nitrogen and oxygen atoms in total. The average molecular weight is 316 g/mol. The van der Waals surface area contributed by atoms with E-state index in [4.69, 9.17) is 10.5 Å². The Morgan fingerprint density at radius 3 is 2.50 bits per heavy atom. The SMILES string of the molecule is COc1cc(C(=O)NC(CN)CC(C)C)ccc1OC(F)F. The van der Waals surface area contributed by atoms with Gasteiger partial charge in [0.25, 0.3) is 5.91 Å². The summed E-state index contributed by atoms with van der Waals surface area (Å²) in [5, 5.41) is 2.82. The van der Waals surface area contributed by atoms with Crippen LogP contribution in [0.25, 0.3) is 0 Å². The maximum Gasteiger partial charge on any atom is 0.387 e. The number of carbonyl (C=O) groups is 1. The zero-order valence-electron chi connectivity index (χ0n) is 12.9. The maximum absolute atomic E-state index is 12.3. The molecule has 0 fully saturated rings. The van der Waals surface area contributed by atoms with Crippen LogP contribution in [-0.4, -0.2) is 32.2 Å². The van der Waals surface area contributed by atoms with Gasteiger partial charge in [-0.15, -0.1) is 0 Å². The van der Waals surface area contributed by atoms with Gasteiger partial charge in [-0.05, 0) is 30.5 Å². The van der Waals surface area contributed by atoms with Crippen LogP contribution < -0.4 is 20.5 Å². The van der Waals surface area contributed by atoms with E-state index < -0.39 is 6.61 Å². The summed E-state index contributed by atoms with van der Waals surface area (Å²) < 4.78 is 33.8. The molecule has 0 aromatic heterocycles. The molecule has 1 aromatic rings. The third-order valence-electron chi connectivity index (χ3n) is 3.02. The lowest BCUT2D eigenvalue weighted by Crippen LogP contribution is -2.41. The number of hydrogen-bond donors (Lipinski definition) is 2. The van der Waals surface area contributed by atoms with Gasteiger partial charge in [-0.2, -0.15) is 8.78 Å². The molecule has 1 rings (SSSR count). The second-order valence-electron chi connectivity index (χ2n) is 5.28. The fourth-order valence-electron chi connectivity index (χ4n) is 2.05. The Labute approximate surface area is 128 Å². The van der Waals surface area contributed by atoms with Crippen LogP contribution >= 0.6 is 0 Å². The van der Waals surface area contributed by atoms with Crippen LogP contribution in [0.4, 0.5) is 8.78 Å². The monoisotopic (exact) mass is 316 g/mol. The van der Waals surface area contributed by atoms with Gasteiger partial charge in [-0.1, -0.05) is 13.8 Å². The predicted molar refractivity (Wildman–Crippen MR) is 79.4 cm³/mol. The summed E-state index contributed by atoms with van der Waals surface area (Å²) in [6.07, 6.45) is 0.756. The van der Waals surface area contributed by atoms with Crippen molar-refractivity contribution in [3.05, 3.63) is 23.8 Å². The van der Waals surface area contributed by atoms with Gasteiger partial charge in [0.05, 0.1) is 7.11 Å². The average Bonchev–Trinajstić information content (AvgIpc) is 2.45. The molecule has 124 valence electrons. The number of rotatable bonds is 8. The molecule has 0 spiro atoms. The van der Waals surface area contributed by atoms with E-state index >= 15 is 0 Å².